The Morgan fingerprint density at radius 1 is 0.460 bits per heavy atom. The summed E-state index contributed by atoms with van der Waals surface area (Å²) in [6.45, 7) is 2.53. The van der Waals surface area contributed by atoms with Crippen LogP contribution in [0.2, 0.25) is 0 Å². The summed E-state index contributed by atoms with van der Waals surface area (Å²) in [4.78, 5) is 229. The second-order valence-electron chi connectivity index (χ2n) is 29.1. The third-order valence-corrected chi connectivity index (χ3v) is 21.1. The molecule has 50 heteroatoms. The van der Waals surface area contributed by atoms with Gasteiger partial charge in [-0.25, -0.2) is 4.98 Å². The minimum atomic E-state index is -2.02. The number of carbonyl (C=O) groups is 16. The van der Waals surface area contributed by atoms with Gasteiger partial charge in [0.1, 0.15) is 84.3 Å². The normalized spacial score (nSPS) is 14.5. The third kappa shape index (κ3) is 41.3. The van der Waals surface area contributed by atoms with Crippen LogP contribution in [0.3, 0.4) is 0 Å². The van der Waals surface area contributed by atoms with E-state index < -0.39 is 222 Å². The second kappa shape index (κ2) is 58.3. The fourth-order valence-electron chi connectivity index (χ4n) is 11.8. The number of amides is 15. The van der Waals surface area contributed by atoms with Crippen LogP contribution >= 0.6 is 48.8 Å². The van der Waals surface area contributed by atoms with E-state index in [1.54, 1.807) is 43.5 Å². The van der Waals surface area contributed by atoms with Gasteiger partial charge in [0.05, 0.1) is 31.9 Å². The highest BCUT2D eigenvalue weighted by Crippen LogP contribution is 2.16. The van der Waals surface area contributed by atoms with Crippen LogP contribution in [0.25, 0.3) is 0 Å². The number of phenolic OH excluding ortho intramolecular Hbond substituents is 1. The summed E-state index contributed by atoms with van der Waals surface area (Å²) >= 11 is 11.2. The summed E-state index contributed by atoms with van der Waals surface area (Å²) in [5, 5.41) is 95.7. The van der Waals surface area contributed by atoms with Gasteiger partial charge in [0, 0.05) is 62.3 Å². The fourth-order valence-corrected chi connectivity index (χ4v) is 13.3. The van der Waals surface area contributed by atoms with E-state index in [1.807, 2.05) is 6.26 Å². The molecule has 0 bridgehead atoms. The quantitative estimate of drug-likeness (QED) is 0.0108. The SMILES string of the molecule is CC[C@H](C)[C@H](NC(=O)[C@H](CCCNC(=N)N)NC(=O)[C@H](CC(=O)O)NC(=O)[C@H](CCSC)NC(=O)[C@H](CCCNC(=N)N)NC(=O)CNC(=O)[C@@H](C)NC(=O)[C@H](Cc1ccccc1)NC(=O)[C@H](Cc1cnc[nH]1)NC(=O)[C@H](CS)NC(=O)[C@@H](N)CCSC)C(=O)N[C@@H](CO)C(=O)N[C@@H](CS)C(=O)N[C@@H](Cc1ccc(O)cc1)C(=O)N[C@@H](CCCNC(=N)N)C(N)=O. The monoisotopic (exact) mass is 1840 g/mol. The van der Waals surface area contributed by atoms with Crippen LogP contribution in [-0.4, -0.2) is 291 Å². The van der Waals surface area contributed by atoms with Crippen LogP contribution in [0.5, 0.6) is 5.75 Å². The molecule has 1 aromatic heterocycles. The van der Waals surface area contributed by atoms with E-state index in [1.165, 1.54) is 74.2 Å². The first-order valence-corrected chi connectivity index (χ1v) is 44.2. The summed E-state index contributed by atoms with van der Waals surface area (Å²) in [5.74, 6) is -18.4. The Morgan fingerprint density at radius 3 is 1.33 bits per heavy atom. The molecule has 698 valence electrons. The number of thiol groups is 2. The zero-order valence-corrected chi connectivity index (χ0v) is 73.9. The van der Waals surface area contributed by atoms with Crippen LogP contribution in [0.1, 0.15) is 102 Å². The first kappa shape index (κ1) is 108. The zero-order chi connectivity index (χ0) is 94.1. The number of rotatable bonds is 60. The van der Waals surface area contributed by atoms with E-state index in [-0.39, 0.29) is 113 Å². The Bertz CT molecular complexity index is 4130. The van der Waals surface area contributed by atoms with Crippen molar-refractivity contribution < 1.29 is 92.0 Å². The maximum atomic E-state index is 14.6. The number of carboxylic acid groups (broad SMARTS) is 1. The number of aliphatic hydroxyl groups is 1. The molecular weight excluding hydrogens is 1720 g/mol. The standard InChI is InChI=1S/C76H121N27O19S4/c1-6-39(2)59(73(122)100-54(35-104)70(119)102-56(37-124)72(121)97-51(30-42-18-20-44(105)21-19-42)67(116)93-46(60(78)109)15-10-24-86-74(79)80)103-65(114)48(17-12-26-88-76(83)84)94-69(118)53(32-58(107)108)99-64(113)49(23-28-126-5)95-63(112)47(16-11-25-87-75(81)82)92-57(106)34-89-61(110)40(3)91-66(115)50(29-41-13-8-7-9-14-41)96-68(117)52(31-43-33-85-38-90-43)98-71(120)55(36-123)101-62(111)45(77)22-27-125-4/h7-9,13-14,18-21,33,38-40,45-56,59,104-105,123-124H,6,10-12,15-17,22-32,34-37,77H2,1-5H3,(H2,78,109)(H,85,90)(H,89,110)(H,91,115)(H,92,106)(H,93,116)(H,94,118)(H,95,112)(H,96,117)(H,97,121)(H,98,120)(H,99,113)(H,100,122)(H,101,111)(H,102,119)(H,103,114)(H,107,108)(H4,79,80,86)(H4,81,82,87)(H4,83,84,88)/t39-,40+,45-,46-,47-,48-,49-,50-,51-,52-,53-,54-,55-,56-,59-/m0/s1. The fraction of sp³-hybridized carbons (Fsp3) is 0.553. The number of aliphatic carboxylic acids is 1. The number of primary amides is 1. The molecule has 1 heterocycles. The Labute approximate surface area is 747 Å². The molecule has 0 spiro atoms. The first-order valence-electron chi connectivity index (χ1n) is 40.1. The molecule has 126 heavy (non-hydrogen) atoms. The number of aliphatic hydroxyl groups excluding tert-OH is 1. The van der Waals surface area contributed by atoms with Crippen molar-refractivity contribution in [2.24, 2.45) is 34.6 Å². The van der Waals surface area contributed by atoms with Crippen LogP contribution in [0.15, 0.2) is 67.1 Å². The molecule has 34 N–H and O–H groups in total. The molecule has 0 aliphatic heterocycles. The van der Waals surface area contributed by atoms with Crippen LogP contribution < -0.4 is 119 Å². The number of aromatic amines is 1. The maximum absolute atomic E-state index is 14.6. The molecule has 15 amide bonds. The van der Waals surface area contributed by atoms with Gasteiger partial charge >= 0.3 is 5.97 Å². The molecular formula is C76H121N27O19S4. The zero-order valence-electron chi connectivity index (χ0n) is 70.5. The number of hydrogen-bond acceptors (Lipinski definition) is 27. The number of carboxylic acids is 1. The smallest absolute Gasteiger partial charge is 0.305 e. The number of guanidine groups is 3. The number of carbonyl (C=O) groups excluding carboxylic acids is 15. The van der Waals surface area contributed by atoms with E-state index in [9.17, 15) is 92.0 Å². The van der Waals surface area contributed by atoms with Crippen molar-refractivity contribution in [3.63, 3.8) is 0 Å². The van der Waals surface area contributed by atoms with Gasteiger partial charge in [-0.15, -0.1) is 0 Å². The average molecular weight is 1850 g/mol. The molecule has 46 nitrogen and oxygen atoms in total. The lowest BCUT2D eigenvalue weighted by molar-refractivity contribution is -0.141. The summed E-state index contributed by atoms with van der Waals surface area (Å²) in [7, 11) is 0. The number of H-pyrrole nitrogens is 1. The molecule has 0 aliphatic rings. The van der Waals surface area contributed by atoms with E-state index >= 15 is 0 Å². The Hall–Kier alpha value is -11.9. The lowest BCUT2D eigenvalue weighted by atomic mass is 9.97. The van der Waals surface area contributed by atoms with E-state index in [4.69, 9.17) is 44.9 Å². The van der Waals surface area contributed by atoms with Gasteiger partial charge in [-0.1, -0.05) is 62.7 Å². The van der Waals surface area contributed by atoms with Gasteiger partial charge in [0.15, 0.2) is 17.9 Å². The predicted molar refractivity (Wildman–Crippen MR) is 475 cm³/mol. The highest BCUT2D eigenvalue weighted by Gasteiger charge is 2.39. The predicted octanol–water partition coefficient (Wildman–Crippen LogP) is -7.94. The highest BCUT2D eigenvalue weighted by atomic mass is 32.2. The van der Waals surface area contributed by atoms with E-state index in [0.717, 1.165) is 0 Å². The number of aromatic hydroxyl groups is 1. The number of benzene rings is 2. The minimum Gasteiger partial charge on any atom is -0.508 e. The molecule has 0 radical (unpaired) electrons. The molecule has 2 aromatic carbocycles. The second-order valence-corrected chi connectivity index (χ2v) is 31.8. The number of nitrogens with two attached hydrogens (primary N) is 5. The number of hydrogen-bond donors (Lipinski definition) is 31. The van der Waals surface area contributed by atoms with Crippen molar-refractivity contribution >= 4 is 161 Å². The van der Waals surface area contributed by atoms with Gasteiger partial charge < -0.3 is 139 Å². The molecule has 0 aliphatic carbocycles. The number of thioether (sulfide) groups is 2. The maximum Gasteiger partial charge on any atom is 0.305 e. The van der Waals surface area contributed by atoms with Crippen LogP contribution in [0, 0.1) is 22.1 Å². The molecule has 0 fully saturated rings. The number of aromatic nitrogens is 2. The van der Waals surface area contributed by atoms with Crippen molar-refractivity contribution in [1.29, 1.82) is 16.2 Å². The average Bonchev–Trinajstić information content (AvgIpc) is 0.894. The summed E-state index contributed by atoms with van der Waals surface area (Å²) in [6, 6.07) is -7.06. The molecule has 3 rings (SSSR count). The lowest BCUT2D eigenvalue weighted by Crippen LogP contribution is -2.62. The molecule has 0 saturated carbocycles. The lowest BCUT2D eigenvalue weighted by Gasteiger charge is -2.29. The van der Waals surface area contributed by atoms with Crippen molar-refractivity contribution in [2.45, 2.75) is 189 Å². The van der Waals surface area contributed by atoms with Crippen molar-refractivity contribution in [2.75, 3.05) is 68.3 Å². The largest absolute Gasteiger partial charge is 0.508 e. The van der Waals surface area contributed by atoms with E-state index in [0.29, 0.717) is 29.0 Å². The Morgan fingerprint density at radius 2 is 0.857 bits per heavy atom. The topological polar surface area (TPSA) is 769 Å². The van der Waals surface area contributed by atoms with Gasteiger partial charge in [0.25, 0.3) is 0 Å². The highest BCUT2D eigenvalue weighted by molar-refractivity contribution is 7.98. The number of imidazole rings is 1. The third-order valence-electron chi connectivity index (χ3n) is 19.1. The van der Waals surface area contributed by atoms with Crippen LogP contribution in [0.4, 0.5) is 0 Å². The van der Waals surface area contributed by atoms with Crippen molar-refractivity contribution in [3.8, 4) is 5.75 Å². The van der Waals surface area contributed by atoms with Crippen molar-refractivity contribution in [3.05, 3.63) is 83.9 Å². The molecule has 0 unspecified atom stereocenters. The van der Waals surface area contributed by atoms with Crippen LogP contribution in [-0.2, 0) is 96.0 Å². The molecule has 3 aromatic rings. The Balaban J connectivity index is 1.87. The Kier molecular flexibility index (Phi) is 50.1. The van der Waals surface area contributed by atoms with Gasteiger partial charge in [-0.05, 0) is 111 Å². The van der Waals surface area contributed by atoms with Gasteiger partial charge in [0.2, 0.25) is 88.6 Å². The van der Waals surface area contributed by atoms with Gasteiger partial charge in [-0.2, -0.15) is 48.8 Å². The summed E-state index contributed by atoms with van der Waals surface area (Å²) in [6.07, 6.45) is 4.47. The number of nitrogens with one attached hydrogen (secondary N) is 21. The first-order chi connectivity index (χ1) is 59.8. The summed E-state index contributed by atoms with van der Waals surface area (Å²) < 4.78 is 0. The van der Waals surface area contributed by atoms with Gasteiger partial charge in [-0.3, -0.25) is 92.9 Å². The minimum absolute atomic E-state index is 0.0157. The number of phenols is 1. The molecule has 0 saturated heterocycles. The summed E-state index contributed by atoms with van der Waals surface area (Å²) in [5.41, 5.74) is 29.3. The molecule has 15 atom stereocenters. The van der Waals surface area contributed by atoms with Crippen molar-refractivity contribution in [1.82, 2.24) is 100 Å². The number of nitrogens with zero attached hydrogens (tertiary/aromatic N) is 1. The van der Waals surface area contributed by atoms with E-state index in [2.05, 4.69) is 126 Å².